The Kier molecular flexibility index (Phi) is 6.12. The van der Waals surface area contributed by atoms with Crippen molar-refractivity contribution < 1.29 is 22.7 Å². The fraction of sp³-hybridized carbons (Fsp3) is 0.111. The zero-order chi connectivity index (χ0) is 20.3. The van der Waals surface area contributed by atoms with Crippen LogP contribution in [0.15, 0.2) is 54.7 Å². The molecular weight excluding hydrogens is 436 g/mol. The van der Waals surface area contributed by atoms with Gasteiger partial charge in [0.2, 0.25) is 0 Å². The smallest absolute Gasteiger partial charge is 0.405 e. The van der Waals surface area contributed by atoms with E-state index in [0.717, 1.165) is 11.3 Å². The molecule has 0 saturated heterocycles. The first-order chi connectivity index (χ1) is 13.2. The molecule has 3 aromatic rings. The lowest BCUT2D eigenvalue weighted by molar-refractivity contribution is -0.274. The summed E-state index contributed by atoms with van der Waals surface area (Å²) >= 11 is 12.3. The van der Waals surface area contributed by atoms with Gasteiger partial charge in [-0.05, 0) is 24.3 Å². The van der Waals surface area contributed by atoms with Crippen molar-refractivity contribution in [2.45, 2.75) is 11.2 Å². The van der Waals surface area contributed by atoms with Gasteiger partial charge in [0, 0.05) is 17.3 Å². The van der Waals surface area contributed by atoms with Gasteiger partial charge in [0.05, 0.1) is 10.6 Å². The number of hydrogen-bond acceptors (Lipinski definition) is 4. The number of thiazole rings is 1. The SMILES string of the molecule is O=C(Nc1ccccc1-c1ncc(-c2ccccc2OC(F)(F)F)s1)C(Cl)Cl. The molecule has 3 rings (SSSR count). The summed E-state index contributed by atoms with van der Waals surface area (Å²) in [6, 6.07) is 12.6. The summed E-state index contributed by atoms with van der Waals surface area (Å²) in [6.45, 7) is 0. The Hall–Kier alpha value is -2.29. The van der Waals surface area contributed by atoms with Gasteiger partial charge in [0.15, 0.2) is 4.84 Å². The maximum Gasteiger partial charge on any atom is 0.573 e. The molecule has 0 aliphatic rings. The highest BCUT2D eigenvalue weighted by Gasteiger charge is 2.32. The van der Waals surface area contributed by atoms with Crippen LogP contribution in [-0.4, -0.2) is 22.1 Å². The second kappa shape index (κ2) is 8.38. The van der Waals surface area contributed by atoms with Crippen molar-refractivity contribution in [3.05, 3.63) is 54.7 Å². The number of amides is 1. The molecule has 1 amide bonds. The highest BCUT2D eigenvalue weighted by atomic mass is 35.5. The number of rotatable bonds is 5. The van der Waals surface area contributed by atoms with E-state index in [1.807, 2.05) is 0 Å². The van der Waals surface area contributed by atoms with Crippen LogP contribution in [0.5, 0.6) is 5.75 Å². The average molecular weight is 447 g/mol. The molecule has 0 aliphatic heterocycles. The van der Waals surface area contributed by atoms with Gasteiger partial charge in [0.1, 0.15) is 10.8 Å². The summed E-state index contributed by atoms with van der Waals surface area (Å²) in [7, 11) is 0. The average Bonchev–Trinajstić information content (AvgIpc) is 3.11. The molecule has 0 fully saturated rings. The van der Waals surface area contributed by atoms with Gasteiger partial charge in [-0.3, -0.25) is 4.79 Å². The van der Waals surface area contributed by atoms with E-state index in [9.17, 15) is 18.0 Å². The van der Waals surface area contributed by atoms with E-state index in [0.29, 0.717) is 21.1 Å². The molecule has 0 atom stereocenters. The summed E-state index contributed by atoms with van der Waals surface area (Å²) in [5.74, 6) is -0.921. The van der Waals surface area contributed by atoms with Gasteiger partial charge < -0.3 is 10.1 Å². The lowest BCUT2D eigenvalue weighted by Crippen LogP contribution is -2.18. The number of benzene rings is 2. The maximum absolute atomic E-state index is 12.7. The Labute approximate surface area is 171 Å². The zero-order valence-electron chi connectivity index (χ0n) is 13.8. The largest absolute Gasteiger partial charge is 0.573 e. The molecule has 1 aromatic heterocycles. The first kappa shape index (κ1) is 20.4. The van der Waals surface area contributed by atoms with Crippen LogP contribution in [0.3, 0.4) is 0 Å². The van der Waals surface area contributed by atoms with Gasteiger partial charge in [0.25, 0.3) is 5.91 Å². The van der Waals surface area contributed by atoms with Crippen molar-refractivity contribution in [2.75, 3.05) is 5.32 Å². The molecule has 28 heavy (non-hydrogen) atoms. The molecule has 146 valence electrons. The number of anilines is 1. The van der Waals surface area contributed by atoms with Crippen LogP contribution in [0.4, 0.5) is 18.9 Å². The fourth-order valence-corrected chi connectivity index (χ4v) is 3.47. The maximum atomic E-state index is 12.7. The van der Waals surface area contributed by atoms with Crippen molar-refractivity contribution in [1.29, 1.82) is 0 Å². The first-order valence-electron chi connectivity index (χ1n) is 7.74. The van der Waals surface area contributed by atoms with Crippen molar-refractivity contribution in [2.24, 2.45) is 0 Å². The Morgan fingerprint density at radius 1 is 1.07 bits per heavy atom. The lowest BCUT2D eigenvalue weighted by Gasteiger charge is -2.12. The monoisotopic (exact) mass is 446 g/mol. The number of nitrogens with one attached hydrogen (secondary N) is 1. The highest BCUT2D eigenvalue weighted by Crippen LogP contribution is 2.40. The van der Waals surface area contributed by atoms with E-state index in [4.69, 9.17) is 23.2 Å². The van der Waals surface area contributed by atoms with Gasteiger partial charge in [-0.15, -0.1) is 24.5 Å². The molecule has 0 unspecified atom stereocenters. The summed E-state index contributed by atoms with van der Waals surface area (Å²) in [6.07, 6.45) is -3.36. The summed E-state index contributed by atoms with van der Waals surface area (Å²) in [4.78, 5) is 15.3. The number of hydrogen-bond donors (Lipinski definition) is 1. The molecule has 4 nitrogen and oxygen atoms in total. The Bertz CT molecular complexity index is 993. The van der Waals surface area contributed by atoms with E-state index >= 15 is 0 Å². The van der Waals surface area contributed by atoms with Crippen LogP contribution in [-0.2, 0) is 4.79 Å². The van der Waals surface area contributed by atoms with E-state index in [1.165, 1.54) is 24.4 Å². The molecule has 0 saturated carbocycles. The minimum Gasteiger partial charge on any atom is -0.405 e. The number of para-hydroxylation sites is 2. The Morgan fingerprint density at radius 2 is 1.71 bits per heavy atom. The number of nitrogens with zero attached hydrogens (tertiary/aromatic N) is 1. The lowest BCUT2D eigenvalue weighted by atomic mass is 10.2. The number of halogens is 5. The number of ether oxygens (including phenoxy) is 1. The number of alkyl halides is 5. The first-order valence-corrected chi connectivity index (χ1v) is 9.43. The van der Waals surface area contributed by atoms with Crippen LogP contribution >= 0.6 is 34.5 Å². The third kappa shape index (κ3) is 4.95. The molecule has 0 spiro atoms. The second-order valence-electron chi connectivity index (χ2n) is 5.41. The minimum atomic E-state index is -4.81. The predicted molar refractivity (Wildman–Crippen MR) is 104 cm³/mol. The molecule has 10 heteroatoms. The van der Waals surface area contributed by atoms with Crippen LogP contribution in [0.1, 0.15) is 0 Å². The number of carbonyl (C=O) groups excluding carboxylic acids is 1. The number of carbonyl (C=O) groups is 1. The highest BCUT2D eigenvalue weighted by molar-refractivity contribution is 7.18. The van der Waals surface area contributed by atoms with Crippen molar-refractivity contribution >= 4 is 46.1 Å². The van der Waals surface area contributed by atoms with Crippen LogP contribution < -0.4 is 10.1 Å². The van der Waals surface area contributed by atoms with E-state index in [2.05, 4.69) is 15.0 Å². The quantitative estimate of drug-likeness (QED) is 0.480. The molecule has 0 aliphatic carbocycles. The third-order valence-electron chi connectivity index (χ3n) is 3.50. The fourth-order valence-electron chi connectivity index (χ4n) is 2.37. The van der Waals surface area contributed by atoms with Gasteiger partial charge >= 0.3 is 6.36 Å². The van der Waals surface area contributed by atoms with Crippen LogP contribution in [0, 0.1) is 0 Å². The standard InChI is InChI=1S/C18H11Cl2F3N2O2S/c19-15(20)16(26)25-12-7-3-1-5-10(12)17-24-9-14(28-17)11-6-2-4-8-13(11)27-18(21,22)23/h1-9,15H,(H,25,26). The molecule has 0 radical (unpaired) electrons. The van der Waals surface area contributed by atoms with Gasteiger partial charge in [-0.25, -0.2) is 4.98 Å². The summed E-state index contributed by atoms with van der Waals surface area (Å²) in [5, 5.41) is 3.08. The van der Waals surface area contributed by atoms with E-state index in [1.54, 1.807) is 30.3 Å². The van der Waals surface area contributed by atoms with Crippen LogP contribution in [0.2, 0.25) is 0 Å². The normalized spacial score (nSPS) is 11.5. The topological polar surface area (TPSA) is 51.2 Å². The zero-order valence-corrected chi connectivity index (χ0v) is 16.2. The molecule has 1 N–H and O–H groups in total. The molecular formula is C18H11Cl2F3N2O2S. The van der Waals surface area contributed by atoms with Crippen molar-refractivity contribution in [3.8, 4) is 26.8 Å². The third-order valence-corrected chi connectivity index (χ3v) is 4.96. The molecule has 2 aromatic carbocycles. The molecule has 1 heterocycles. The van der Waals surface area contributed by atoms with E-state index < -0.39 is 17.1 Å². The van der Waals surface area contributed by atoms with Gasteiger partial charge in [-0.2, -0.15) is 0 Å². The van der Waals surface area contributed by atoms with Crippen molar-refractivity contribution in [1.82, 2.24) is 4.98 Å². The predicted octanol–water partition coefficient (Wildman–Crippen LogP) is 6.12. The summed E-state index contributed by atoms with van der Waals surface area (Å²) < 4.78 is 42.0. The second-order valence-corrected chi connectivity index (χ2v) is 7.54. The minimum absolute atomic E-state index is 0.256. The Morgan fingerprint density at radius 3 is 2.39 bits per heavy atom. The number of aromatic nitrogens is 1. The van der Waals surface area contributed by atoms with Crippen LogP contribution in [0.25, 0.3) is 21.0 Å². The Balaban J connectivity index is 1.96. The van der Waals surface area contributed by atoms with Crippen molar-refractivity contribution in [3.63, 3.8) is 0 Å². The summed E-state index contributed by atoms with van der Waals surface area (Å²) in [5.41, 5.74) is 1.27. The molecule has 0 bridgehead atoms. The van der Waals surface area contributed by atoms with E-state index in [-0.39, 0.29) is 11.3 Å². The van der Waals surface area contributed by atoms with Gasteiger partial charge in [-0.1, -0.05) is 47.5 Å².